The summed E-state index contributed by atoms with van der Waals surface area (Å²) in [5, 5.41) is 11.1. The van der Waals surface area contributed by atoms with Gasteiger partial charge in [0.25, 0.3) is 0 Å². The van der Waals surface area contributed by atoms with E-state index in [1.165, 1.54) is 0 Å². The fraction of sp³-hybridized carbons (Fsp3) is 0.562. The van der Waals surface area contributed by atoms with Crippen molar-refractivity contribution >= 4 is 29.0 Å². The maximum atomic E-state index is 12.6. The third-order valence-electron chi connectivity index (χ3n) is 4.22. The molecule has 1 N–H and O–H groups in total. The minimum Gasteiger partial charge on any atom is -0.390 e. The predicted molar refractivity (Wildman–Crippen MR) is 86.3 cm³/mol. The van der Waals surface area contributed by atoms with Gasteiger partial charge in [-0.15, -0.1) is 0 Å². The van der Waals surface area contributed by atoms with Crippen molar-refractivity contribution in [1.82, 2.24) is 4.90 Å². The Labute approximate surface area is 135 Å². The average molecular weight is 330 g/mol. The molecule has 5 heteroatoms. The van der Waals surface area contributed by atoms with Crippen LogP contribution < -0.4 is 0 Å². The van der Waals surface area contributed by atoms with Crippen molar-refractivity contribution in [2.45, 2.75) is 44.8 Å². The molecule has 0 spiro atoms. The van der Waals surface area contributed by atoms with Gasteiger partial charge in [0.2, 0.25) is 0 Å². The molecule has 0 bridgehead atoms. The third kappa shape index (κ3) is 4.19. The van der Waals surface area contributed by atoms with Crippen molar-refractivity contribution in [3.63, 3.8) is 0 Å². The molecule has 116 valence electrons. The Kier molecular flexibility index (Phi) is 5.31. The lowest BCUT2D eigenvalue weighted by molar-refractivity contribution is 0.0427. The van der Waals surface area contributed by atoms with Gasteiger partial charge in [0.05, 0.1) is 16.7 Å². The SMILES string of the molecule is CC(C(=O)c1ccc(Cl)cc1Cl)N1CCCC(C)(O)CC1. The van der Waals surface area contributed by atoms with Gasteiger partial charge in [-0.2, -0.15) is 0 Å². The first-order valence-corrected chi connectivity index (χ1v) is 8.01. The number of hydrogen-bond acceptors (Lipinski definition) is 3. The third-order valence-corrected chi connectivity index (χ3v) is 4.77. The van der Waals surface area contributed by atoms with Crippen LogP contribution in [0.4, 0.5) is 0 Å². The van der Waals surface area contributed by atoms with Crippen molar-refractivity contribution in [1.29, 1.82) is 0 Å². The topological polar surface area (TPSA) is 40.5 Å². The summed E-state index contributed by atoms with van der Waals surface area (Å²) in [5.41, 5.74) is -0.125. The molecule has 1 fully saturated rings. The van der Waals surface area contributed by atoms with Crippen LogP contribution in [0.25, 0.3) is 0 Å². The second kappa shape index (κ2) is 6.66. The maximum absolute atomic E-state index is 12.6. The van der Waals surface area contributed by atoms with E-state index in [0.29, 0.717) is 28.6 Å². The first kappa shape index (κ1) is 16.8. The number of Topliss-reactive ketones (excluding diaryl/α,β-unsaturated/α-hetero) is 1. The Morgan fingerprint density at radius 1 is 1.33 bits per heavy atom. The minimum atomic E-state index is -0.630. The van der Waals surface area contributed by atoms with E-state index < -0.39 is 5.60 Å². The van der Waals surface area contributed by atoms with Crippen LogP contribution in [0.1, 0.15) is 43.5 Å². The van der Waals surface area contributed by atoms with E-state index in [-0.39, 0.29) is 11.8 Å². The van der Waals surface area contributed by atoms with Crippen LogP contribution >= 0.6 is 23.2 Å². The Morgan fingerprint density at radius 2 is 2.05 bits per heavy atom. The summed E-state index contributed by atoms with van der Waals surface area (Å²) in [6, 6.07) is 4.70. The van der Waals surface area contributed by atoms with E-state index in [1.807, 2.05) is 13.8 Å². The Morgan fingerprint density at radius 3 is 2.71 bits per heavy atom. The van der Waals surface area contributed by atoms with Gasteiger partial charge in [-0.05, 0) is 57.9 Å². The molecule has 0 amide bonds. The number of aliphatic hydroxyl groups is 1. The molecule has 1 heterocycles. The van der Waals surface area contributed by atoms with E-state index >= 15 is 0 Å². The van der Waals surface area contributed by atoms with Gasteiger partial charge >= 0.3 is 0 Å². The molecule has 0 radical (unpaired) electrons. The molecular formula is C16H21Cl2NO2. The molecule has 2 unspecified atom stereocenters. The van der Waals surface area contributed by atoms with Gasteiger partial charge in [-0.25, -0.2) is 0 Å². The summed E-state index contributed by atoms with van der Waals surface area (Å²) in [6.45, 7) is 5.28. The molecular weight excluding hydrogens is 309 g/mol. The second-order valence-corrected chi connectivity index (χ2v) is 6.89. The van der Waals surface area contributed by atoms with Gasteiger partial charge in [0.15, 0.2) is 5.78 Å². The number of carbonyl (C=O) groups excluding carboxylic acids is 1. The summed E-state index contributed by atoms with van der Waals surface area (Å²) < 4.78 is 0. The Balaban J connectivity index is 2.12. The normalized spacial score (nSPS) is 25.4. The van der Waals surface area contributed by atoms with E-state index in [2.05, 4.69) is 4.90 Å². The molecule has 1 aromatic carbocycles. The molecule has 1 saturated heterocycles. The van der Waals surface area contributed by atoms with E-state index in [9.17, 15) is 9.90 Å². The lowest BCUT2D eigenvalue weighted by Gasteiger charge is -2.27. The van der Waals surface area contributed by atoms with Crippen molar-refractivity contribution in [3.05, 3.63) is 33.8 Å². The quantitative estimate of drug-likeness (QED) is 0.857. The van der Waals surface area contributed by atoms with Crippen molar-refractivity contribution in [3.8, 4) is 0 Å². The number of likely N-dealkylation sites (tertiary alicyclic amines) is 1. The fourth-order valence-corrected chi connectivity index (χ4v) is 3.25. The number of benzene rings is 1. The highest BCUT2D eigenvalue weighted by Crippen LogP contribution is 2.26. The maximum Gasteiger partial charge on any atom is 0.181 e. The molecule has 0 aliphatic carbocycles. The van der Waals surface area contributed by atoms with Crippen molar-refractivity contribution in [2.75, 3.05) is 13.1 Å². The summed E-state index contributed by atoms with van der Waals surface area (Å²) in [6.07, 6.45) is 2.34. The lowest BCUT2D eigenvalue weighted by atomic mass is 9.98. The summed E-state index contributed by atoms with van der Waals surface area (Å²) in [5.74, 6) is -0.00166. The van der Waals surface area contributed by atoms with Gasteiger partial charge in [0, 0.05) is 17.1 Å². The Bertz CT molecular complexity index is 531. The zero-order valence-electron chi connectivity index (χ0n) is 12.4. The summed E-state index contributed by atoms with van der Waals surface area (Å²) in [4.78, 5) is 14.7. The van der Waals surface area contributed by atoms with Crippen molar-refractivity contribution < 1.29 is 9.90 Å². The highest BCUT2D eigenvalue weighted by Gasteiger charge is 2.30. The van der Waals surface area contributed by atoms with Crippen LogP contribution in [-0.2, 0) is 0 Å². The highest BCUT2D eigenvalue weighted by molar-refractivity contribution is 6.37. The monoisotopic (exact) mass is 329 g/mol. The zero-order chi connectivity index (χ0) is 15.6. The largest absolute Gasteiger partial charge is 0.390 e. The number of rotatable bonds is 3. The summed E-state index contributed by atoms with van der Waals surface area (Å²) >= 11 is 12.0. The molecule has 0 saturated carbocycles. The van der Waals surface area contributed by atoms with Gasteiger partial charge in [-0.1, -0.05) is 23.2 Å². The number of carbonyl (C=O) groups is 1. The molecule has 1 aliphatic rings. The molecule has 2 rings (SSSR count). The predicted octanol–water partition coefficient (Wildman–Crippen LogP) is 3.80. The standard InChI is InChI=1S/C16H21Cl2NO2/c1-11(19-8-3-6-16(2,21)7-9-19)15(20)13-5-4-12(17)10-14(13)18/h4-5,10-11,21H,3,6-9H2,1-2H3. The van der Waals surface area contributed by atoms with Crippen molar-refractivity contribution in [2.24, 2.45) is 0 Å². The minimum absolute atomic E-state index is 0.00166. The number of ketones is 1. The zero-order valence-corrected chi connectivity index (χ0v) is 13.9. The lowest BCUT2D eigenvalue weighted by Crippen LogP contribution is -2.40. The molecule has 0 aromatic heterocycles. The number of nitrogens with zero attached hydrogens (tertiary/aromatic N) is 1. The van der Waals surface area contributed by atoms with Crippen LogP contribution in [0, 0.1) is 0 Å². The average Bonchev–Trinajstić information content (AvgIpc) is 2.58. The van der Waals surface area contributed by atoms with E-state index in [4.69, 9.17) is 23.2 Å². The molecule has 21 heavy (non-hydrogen) atoms. The fourth-order valence-electron chi connectivity index (χ4n) is 2.75. The number of hydrogen-bond donors (Lipinski definition) is 1. The summed E-state index contributed by atoms with van der Waals surface area (Å²) in [7, 11) is 0. The highest BCUT2D eigenvalue weighted by atomic mass is 35.5. The van der Waals surface area contributed by atoms with E-state index in [0.717, 1.165) is 19.4 Å². The first-order chi connectivity index (χ1) is 9.80. The molecule has 3 nitrogen and oxygen atoms in total. The van der Waals surface area contributed by atoms with Crippen LogP contribution in [0.15, 0.2) is 18.2 Å². The Hall–Kier alpha value is -0.610. The first-order valence-electron chi connectivity index (χ1n) is 7.26. The molecule has 1 aliphatic heterocycles. The smallest absolute Gasteiger partial charge is 0.181 e. The van der Waals surface area contributed by atoms with Crippen LogP contribution in [0.5, 0.6) is 0 Å². The van der Waals surface area contributed by atoms with E-state index in [1.54, 1.807) is 18.2 Å². The van der Waals surface area contributed by atoms with Gasteiger partial charge in [0.1, 0.15) is 0 Å². The second-order valence-electron chi connectivity index (χ2n) is 6.05. The molecule has 1 aromatic rings. The number of halogens is 2. The molecule has 2 atom stereocenters. The van der Waals surface area contributed by atoms with Crippen LogP contribution in [0.2, 0.25) is 10.0 Å². The van der Waals surface area contributed by atoms with Gasteiger partial charge < -0.3 is 5.11 Å². The van der Waals surface area contributed by atoms with Gasteiger partial charge in [-0.3, -0.25) is 9.69 Å². The van der Waals surface area contributed by atoms with Crippen LogP contribution in [-0.4, -0.2) is 40.5 Å². The van der Waals surface area contributed by atoms with Crippen LogP contribution in [0.3, 0.4) is 0 Å².